The molecular formula is C7H11O4S-. The molecule has 0 aromatic rings. The molecule has 0 aliphatic carbocycles. The van der Waals surface area contributed by atoms with Gasteiger partial charge in [0.2, 0.25) is 0 Å². The topological polar surface area (TPSA) is 66.4 Å². The molecule has 0 bridgehead atoms. The fourth-order valence-corrected chi connectivity index (χ4v) is 1.17. The molecule has 0 saturated carbocycles. The van der Waals surface area contributed by atoms with Crippen molar-refractivity contribution < 1.29 is 17.7 Å². The van der Waals surface area contributed by atoms with E-state index in [0.717, 1.165) is 0 Å². The van der Waals surface area contributed by atoms with Gasteiger partial charge >= 0.3 is 0 Å². The summed E-state index contributed by atoms with van der Waals surface area (Å²) >= 11 is 0. The van der Waals surface area contributed by atoms with Gasteiger partial charge in [-0.1, -0.05) is 5.92 Å². The highest BCUT2D eigenvalue weighted by Gasteiger charge is 1.94. The number of hydrogen-bond acceptors (Lipinski definition) is 4. The Morgan fingerprint density at radius 1 is 1.42 bits per heavy atom. The van der Waals surface area contributed by atoms with Crippen LogP contribution < -0.4 is 0 Å². The largest absolute Gasteiger partial charge is 0.748 e. The zero-order valence-corrected chi connectivity index (χ0v) is 7.47. The van der Waals surface area contributed by atoms with Crippen LogP contribution in [0.25, 0.3) is 0 Å². The van der Waals surface area contributed by atoms with E-state index in [4.69, 9.17) is 11.2 Å². The van der Waals surface area contributed by atoms with Gasteiger partial charge in [0, 0.05) is 12.4 Å². The fourth-order valence-electron chi connectivity index (χ4n) is 0.614. The third-order valence-corrected chi connectivity index (χ3v) is 1.91. The molecule has 0 amide bonds. The lowest BCUT2D eigenvalue weighted by Crippen LogP contribution is -2.05. The SMILES string of the molecule is C#CCOCCCCS(=O)(=O)[O-]. The monoisotopic (exact) mass is 191 g/mol. The van der Waals surface area contributed by atoms with Gasteiger partial charge in [-0.15, -0.1) is 6.42 Å². The maximum atomic E-state index is 10.1. The van der Waals surface area contributed by atoms with Crippen LogP contribution in [0.3, 0.4) is 0 Å². The van der Waals surface area contributed by atoms with Crippen LogP contribution in [-0.4, -0.2) is 31.9 Å². The summed E-state index contributed by atoms with van der Waals surface area (Å²) in [6.45, 7) is 0.629. The molecule has 0 rings (SSSR count). The van der Waals surface area contributed by atoms with E-state index in [1.165, 1.54) is 0 Å². The van der Waals surface area contributed by atoms with E-state index >= 15 is 0 Å². The zero-order chi connectivity index (χ0) is 9.45. The Bertz CT molecular complexity index is 237. The van der Waals surface area contributed by atoms with Crippen molar-refractivity contribution >= 4 is 10.1 Å². The molecule has 0 radical (unpaired) electrons. The van der Waals surface area contributed by atoms with Gasteiger partial charge in [-0.05, 0) is 12.8 Å². The van der Waals surface area contributed by atoms with E-state index in [-0.39, 0.29) is 12.4 Å². The summed E-state index contributed by atoms with van der Waals surface area (Å²) in [5.41, 5.74) is 0. The number of terminal acetylenes is 1. The summed E-state index contributed by atoms with van der Waals surface area (Å²) in [5.74, 6) is 1.95. The summed E-state index contributed by atoms with van der Waals surface area (Å²) in [6, 6.07) is 0. The van der Waals surface area contributed by atoms with Crippen molar-refractivity contribution in [3.63, 3.8) is 0 Å². The molecule has 70 valence electrons. The Kier molecular flexibility index (Phi) is 5.72. The predicted octanol–water partition coefficient (Wildman–Crippen LogP) is -0.0384. The molecule has 0 unspecified atom stereocenters. The first kappa shape index (κ1) is 11.4. The van der Waals surface area contributed by atoms with Crippen molar-refractivity contribution in [2.45, 2.75) is 12.8 Å². The summed E-state index contributed by atoms with van der Waals surface area (Å²) < 4.78 is 35.1. The third kappa shape index (κ3) is 9.43. The minimum Gasteiger partial charge on any atom is -0.748 e. The van der Waals surface area contributed by atoms with Crippen molar-refractivity contribution in [1.29, 1.82) is 0 Å². The zero-order valence-electron chi connectivity index (χ0n) is 6.65. The third-order valence-electron chi connectivity index (χ3n) is 1.12. The van der Waals surface area contributed by atoms with Crippen molar-refractivity contribution in [1.82, 2.24) is 0 Å². The summed E-state index contributed by atoms with van der Waals surface area (Å²) in [5, 5.41) is 0. The van der Waals surface area contributed by atoms with E-state index in [2.05, 4.69) is 5.92 Å². The molecule has 5 heteroatoms. The van der Waals surface area contributed by atoms with Crippen LogP contribution in [0.4, 0.5) is 0 Å². The van der Waals surface area contributed by atoms with Crippen molar-refractivity contribution in [3.8, 4) is 12.3 Å². The Balaban J connectivity index is 3.18. The number of ether oxygens (including phenoxy) is 1. The average molecular weight is 191 g/mol. The molecule has 0 atom stereocenters. The van der Waals surface area contributed by atoms with Crippen LogP contribution in [0.15, 0.2) is 0 Å². The second-order valence-electron chi connectivity index (χ2n) is 2.23. The molecule has 12 heavy (non-hydrogen) atoms. The van der Waals surface area contributed by atoms with Gasteiger partial charge < -0.3 is 9.29 Å². The van der Waals surface area contributed by atoms with E-state index in [1.54, 1.807) is 0 Å². The van der Waals surface area contributed by atoms with Gasteiger partial charge in [-0.25, -0.2) is 8.42 Å². The van der Waals surface area contributed by atoms with Crippen LogP contribution in [0, 0.1) is 12.3 Å². The molecule has 0 aromatic carbocycles. The highest BCUT2D eigenvalue weighted by molar-refractivity contribution is 7.85. The van der Waals surface area contributed by atoms with Gasteiger partial charge in [0.25, 0.3) is 0 Å². The van der Waals surface area contributed by atoms with E-state index in [1.807, 2.05) is 0 Å². The highest BCUT2D eigenvalue weighted by atomic mass is 32.2. The minimum atomic E-state index is -4.06. The molecule has 0 fully saturated rings. The minimum absolute atomic E-state index is 0.226. The predicted molar refractivity (Wildman–Crippen MR) is 43.5 cm³/mol. The molecule has 0 heterocycles. The summed E-state index contributed by atoms with van der Waals surface area (Å²) in [4.78, 5) is 0. The first-order valence-corrected chi connectivity index (χ1v) is 5.09. The Morgan fingerprint density at radius 2 is 2.08 bits per heavy atom. The standard InChI is InChI=1S/C7H12O4S/c1-2-5-11-6-3-4-7-12(8,9)10/h1H,3-7H2,(H,8,9,10)/p-1. The van der Waals surface area contributed by atoms with E-state index < -0.39 is 10.1 Å². The Hall–Kier alpha value is -0.570. The second-order valence-corrected chi connectivity index (χ2v) is 3.75. The number of unbranched alkanes of at least 4 members (excludes halogenated alkanes) is 1. The lowest BCUT2D eigenvalue weighted by Gasteiger charge is -2.05. The molecule has 0 aliphatic heterocycles. The molecular weight excluding hydrogens is 180 g/mol. The lowest BCUT2D eigenvalue weighted by atomic mass is 10.4. The fraction of sp³-hybridized carbons (Fsp3) is 0.714. The maximum absolute atomic E-state index is 10.1. The highest BCUT2D eigenvalue weighted by Crippen LogP contribution is 1.93. The molecule has 0 spiro atoms. The van der Waals surface area contributed by atoms with E-state index in [9.17, 15) is 13.0 Å². The van der Waals surface area contributed by atoms with Gasteiger partial charge in [0.05, 0.1) is 10.1 Å². The van der Waals surface area contributed by atoms with Crippen LogP contribution in [0.1, 0.15) is 12.8 Å². The number of rotatable bonds is 6. The van der Waals surface area contributed by atoms with Crippen molar-refractivity contribution in [3.05, 3.63) is 0 Å². The van der Waals surface area contributed by atoms with Gasteiger partial charge in [0.15, 0.2) is 0 Å². The maximum Gasteiger partial charge on any atom is 0.107 e. The molecule has 0 aliphatic rings. The smallest absolute Gasteiger partial charge is 0.107 e. The van der Waals surface area contributed by atoms with Crippen LogP contribution in [-0.2, 0) is 14.9 Å². The Labute approximate surface area is 72.7 Å². The summed E-state index contributed by atoms with van der Waals surface area (Å²) in [7, 11) is -4.06. The Morgan fingerprint density at radius 3 is 2.58 bits per heavy atom. The van der Waals surface area contributed by atoms with Crippen molar-refractivity contribution in [2.75, 3.05) is 19.0 Å². The molecule has 0 aromatic heterocycles. The van der Waals surface area contributed by atoms with Crippen molar-refractivity contribution in [2.24, 2.45) is 0 Å². The average Bonchev–Trinajstić information content (AvgIpc) is 1.94. The van der Waals surface area contributed by atoms with Crippen LogP contribution >= 0.6 is 0 Å². The number of hydrogen-bond donors (Lipinski definition) is 0. The molecule has 0 N–H and O–H groups in total. The van der Waals surface area contributed by atoms with E-state index in [0.29, 0.717) is 19.4 Å². The lowest BCUT2D eigenvalue weighted by molar-refractivity contribution is 0.163. The summed E-state index contributed by atoms with van der Waals surface area (Å²) in [6.07, 6.45) is 5.77. The second kappa shape index (κ2) is 6.00. The van der Waals surface area contributed by atoms with Gasteiger partial charge in [0.1, 0.15) is 6.61 Å². The van der Waals surface area contributed by atoms with Gasteiger partial charge in [-0.3, -0.25) is 0 Å². The molecule has 4 nitrogen and oxygen atoms in total. The first-order chi connectivity index (χ1) is 5.56. The van der Waals surface area contributed by atoms with Crippen LogP contribution in [0.5, 0.6) is 0 Å². The first-order valence-electron chi connectivity index (χ1n) is 3.51. The normalized spacial score (nSPS) is 11.0. The molecule has 0 saturated heterocycles. The quantitative estimate of drug-likeness (QED) is 0.336. The van der Waals surface area contributed by atoms with Gasteiger partial charge in [-0.2, -0.15) is 0 Å². The van der Waals surface area contributed by atoms with Crippen LogP contribution in [0.2, 0.25) is 0 Å².